The second-order valence-electron chi connectivity index (χ2n) is 5.99. The molecule has 0 saturated carbocycles. The average Bonchev–Trinajstić information content (AvgIpc) is 2.77. The van der Waals surface area contributed by atoms with Gasteiger partial charge < -0.3 is 14.2 Å². The van der Waals surface area contributed by atoms with Gasteiger partial charge in [0.05, 0.1) is 21.3 Å². The summed E-state index contributed by atoms with van der Waals surface area (Å²) in [5.41, 5.74) is 4.77. The lowest BCUT2D eigenvalue weighted by molar-refractivity contribution is 0.0824. The van der Waals surface area contributed by atoms with Gasteiger partial charge in [-0.05, 0) is 59.3 Å². The van der Waals surface area contributed by atoms with Crippen molar-refractivity contribution < 1.29 is 23.8 Å². The van der Waals surface area contributed by atoms with Crippen molar-refractivity contribution in [2.75, 3.05) is 28.4 Å². The largest absolute Gasteiger partial charge is 0.497 e. The number of nitrogens with zero attached hydrogens (tertiary/aromatic N) is 1. The van der Waals surface area contributed by atoms with Crippen LogP contribution in [0.3, 0.4) is 0 Å². The Hall–Kier alpha value is -3.23. The molecule has 0 bridgehead atoms. The van der Waals surface area contributed by atoms with E-state index in [-0.39, 0.29) is 12.2 Å². The molecule has 0 aliphatic heterocycles. The van der Waals surface area contributed by atoms with Gasteiger partial charge in [0, 0.05) is 30.4 Å². The topological polar surface area (TPSA) is 95.5 Å². The van der Waals surface area contributed by atoms with Gasteiger partial charge >= 0.3 is 0 Å². The fourth-order valence-corrected chi connectivity index (χ4v) is 2.69. The van der Waals surface area contributed by atoms with Crippen LogP contribution < -0.4 is 15.0 Å². The standard InChI is InChI=1S/C21H24N2O6/c1-26-17-7-5-14(6-8-17)21(24)19-10-9-18(27-2)12-15(19)11-16(23-29-4)13-20(22-25)28-3/h5-12,20,23H,13H2,1-4H3. The van der Waals surface area contributed by atoms with Crippen LogP contribution in [-0.4, -0.2) is 40.5 Å². The number of rotatable bonds is 11. The number of carbonyl (C=O) groups excluding carboxylic acids is 1. The molecule has 154 valence electrons. The molecule has 0 aromatic heterocycles. The highest BCUT2D eigenvalue weighted by atomic mass is 16.6. The Morgan fingerprint density at radius 1 is 1.03 bits per heavy atom. The molecule has 1 unspecified atom stereocenters. The first-order valence-electron chi connectivity index (χ1n) is 8.77. The summed E-state index contributed by atoms with van der Waals surface area (Å²) in [7, 11) is 5.94. The van der Waals surface area contributed by atoms with E-state index in [2.05, 4.69) is 10.7 Å². The highest BCUT2D eigenvalue weighted by molar-refractivity contribution is 6.11. The lowest BCUT2D eigenvalue weighted by Crippen LogP contribution is -2.18. The minimum Gasteiger partial charge on any atom is -0.497 e. The summed E-state index contributed by atoms with van der Waals surface area (Å²) in [6.07, 6.45) is 0.941. The van der Waals surface area contributed by atoms with Crippen molar-refractivity contribution >= 4 is 11.9 Å². The first-order chi connectivity index (χ1) is 14.1. The second-order valence-corrected chi connectivity index (χ2v) is 5.99. The van der Waals surface area contributed by atoms with E-state index >= 15 is 0 Å². The third-order valence-electron chi connectivity index (χ3n) is 4.20. The van der Waals surface area contributed by atoms with E-state index in [9.17, 15) is 9.70 Å². The third-order valence-corrected chi connectivity index (χ3v) is 4.20. The maximum absolute atomic E-state index is 13.1. The SMILES string of the molecule is CONC(=Cc1cc(OC)ccc1C(=O)c1ccc(OC)cc1)CC(N=O)OC. The van der Waals surface area contributed by atoms with Gasteiger partial charge in [0.25, 0.3) is 0 Å². The molecule has 8 heteroatoms. The summed E-state index contributed by atoms with van der Waals surface area (Å²) < 4.78 is 15.4. The number of nitrogens with one attached hydrogen (secondary N) is 1. The molecule has 0 heterocycles. The molecule has 0 spiro atoms. The molecule has 2 aromatic rings. The van der Waals surface area contributed by atoms with Gasteiger partial charge in [-0.2, -0.15) is 0 Å². The molecule has 1 N–H and O–H groups in total. The molecule has 1 atom stereocenters. The predicted molar refractivity (Wildman–Crippen MR) is 109 cm³/mol. The number of methoxy groups -OCH3 is 3. The molecular weight excluding hydrogens is 376 g/mol. The molecule has 29 heavy (non-hydrogen) atoms. The van der Waals surface area contributed by atoms with Crippen molar-refractivity contribution in [2.45, 2.75) is 12.6 Å². The molecule has 2 aromatic carbocycles. The fraction of sp³-hybridized carbons (Fsp3) is 0.286. The highest BCUT2D eigenvalue weighted by Gasteiger charge is 2.16. The fourth-order valence-electron chi connectivity index (χ4n) is 2.69. The number of nitroso groups, excluding NO2 is 1. The maximum Gasteiger partial charge on any atom is 0.194 e. The molecule has 0 fully saturated rings. The number of hydrogen-bond donors (Lipinski definition) is 1. The third kappa shape index (κ3) is 5.87. The number of benzene rings is 2. The van der Waals surface area contributed by atoms with Gasteiger partial charge in [-0.3, -0.25) is 15.1 Å². The average molecular weight is 400 g/mol. The van der Waals surface area contributed by atoms with Gasteiger partial charge in [0.15, 0.2) is 12.0 Å². The first-order valence-corrected chi connectivity index (χ1v) is 8.77. The van der Waals surface area contributed by atoms with Gasteiger partial charge in [-0.25, -0.2) is 0 Å². The van der Waals surface area contributed by atoms with E-state index in [4.69, 9.17) is 19.0 Å². The van der Waals surface area contributed by atoms with Crippen molar-refractivity contribution in [1.82, 2.24) is 5.48 Å². The van der Waals surface area contributed by atoms with E-state index in [1.165, 1.54) is 14.2 Å². The first kappa shape index (κ1) is 22.1. The van der Waals surface area contributed by atoms with E-state index in [1.807, 2.05) is 0 Å². The summed E-state index contributed by atoms with van der Waals surface area (Å²) >= 11 is 0. The molecule has 0 amide bonds. The number of ether oxygens (including phenoxy) is 3. The lowest BCUT2D eigenvalue weighted by atomic mass is 9.97. The zero-order valence-electron chi connectivity index (χ0n) is 16.8. The van der Waals surface area contributed by atoms with E-state index in [1.54, 1.807) is 62.8 Å². The summed E-state index contributed by atoms with van der Waals surface area (Å²) in [5, 5.41) is 2.91. The van der Waals surface area contributed by atoms with Crippen LogP contribution in [0.15, 0.2) is 53.3 Å². The molecule has 2 rings (SSSR count). The van der Waals surface area contributed by atoms with Crippen LogP contribution in [-0.2, 0) is 9.57 Å². The van der Waals surface area contributed by atoms with E-state index in [0.29, 0.717) is 33.9 Å². The van der Waals surface area contributed by atoms with E-state index < -0.39 is 6.23 Å². The number of ketones is 1. The Balaban J connectivity index is 2.47. The zero-order chi connectivity index (χ0) is 21.2. The predicted octanol–water partition coefficient (Wildman–Crippen LogP) is 3.56. The minimum atomic E-state index is -0.893. The molecular formula is C21H24N2O6. The molecule has 0 saturated heterocycles. The highest BCUT2D eigenvalue weighted by Crippen LogP contribution is 2.24. The zero-order valence-corrected chi connectivity index (χ0v) is 16.8. The number of hydroxylamine groups is 1. The van der Waals surface area contributed by atoms with Gasteiger partial charge in [0.1, 0.15) is 11.5 Å². The van der Waals surface area contributed by atoms with Crippen LogP contribution in [0.25, 0.3) is 6.08 Å². The normalized spacial score (nSPS) is 12.2. The molecule has 0 aliphatic carbocycles. The lowest BCUT2D eigenvalue weighted by Gasteiger charge is -2.14. The Morgan fingerprint density at radius 3 is 2.24 bits per heavy atom. The smallest absolute Gasteiger partial charge is 0.194 e. The van der Waals surface area contributed by atoms with Crippen molar-refractivity contribution in [1.29, 1.82) is 0 Å². The second kappa shape index (κ2) is 10.9. The summed E-state index contributed by atoms with van der Waals surface area (Å²) in [4.78, 5) is 29.0. The summed E-state index contributed by atoms with van der Waals surface area (Å²) in [5.74, 6) is 1.07. The Kier molecular flexibility index (Phi) is 8.32. The van der Waals surface area contributed by atoms with Crippen molar-refractivity contribution in [3.05, 3.63) is 69.8 Å². The van der Waals surface area contributed by atoms with Crippen LogP contribution in [0.1, 0.15) is 27.9 Å². The molecule has 0 aliphatic rings. The van der Waals surface area contributed by atoms with Gasteiger partial charge in [-0.15, -0.1) is 4.91 Å². The van der Waals surface area contributed by atoms with Crippen molar-refractivity contribution in [2.24, 2.45) is 5.18 Å². The van der Waals surface area contributed by atoms with Crippen LogP contribution in [0.4, 0.5) is 0 Å². The van der Waals surface area contributed by atoms with Crippen LogP contribution in [0, 0.1) is 4.91 Å². The number of hydrogen-bond acceptors (Lipinski definition) is 8. The van der Waals surface area contributed by atoms with Crippen molar-refractivity contribution in [3.63, 3.8) is 0 Å². The Labute approximate surface area is 169 Å². The minimum absolute atomic E-state index is 0.140. The summed E-state index contributed by atoms with van der Waals surface area (Å²) in [6.45, 7) is 0. The van der Waals surface area contributed by atoms with Crippen LogP contribution >= 0.6 is 0 Å². The number of carbonyl (C=O) groups is 1. The molecule has 0 radical (unpaired) electrons. The maximum atomic E-state index is 13.1. The Bertz CT molecular complexity index is 864. The van der Waals surface area contributed by atoms with Gasteiger partial charge in [0.2, 0.25) is 0 Å². The monoisotopic (exact) mass is 400 g/mol. The Morgan fingerprint density at radius 2 is 1.69 bits per heavy atom. The summed E-state index contributed by atoms with van der Waals surface area (Å²) in [6, 6.07) is 12.0. The molecule has 8 nitrogen and oxygen atoms in total. The van der Waals surface area contributed by atoms with Gasteiger partial charge in [-0.1, -0.05) is 0 Å². The quantitative estimate of drug-likeness (QED) is 0.350. The van der Waals surface area contributed by atoms with Crippen LogP contribution in [0.2, 0.25) is 0 Å². The van der Waals surface area contributed by atoms with Crippen molar-refractivity contribution in [3.8, 4) is 11.5 Å². The van der Waals surface area contributed by atoms with Crippen LogP contribution in [0.5, 0.6) is 11.5 Å². The van der Waals surface area contributed by atoms with E-state index in [0.717, 1.165) is 0 Å².